The molecule has 2 amide bonds. The highest BCUT2D eigenvalue weighted by Crippen LogP contribution is 2.46. The first-order chi connectivity index (χ1) is 17.5. The molecule has 1 aliphatic carbocycles. The van der Waals surface area contributed by atoms with Crippen molar-refractivity contribution in [3.05, 3.63) is 71.3 Å². The molecular weight excluding hydrogens is 454 g/mol. The lowest BCUT2D eigenvalue weighted by atomic mass is 10.0. The van der Waals surface area contributed by atoms with Crippen LogP contribution < -0.4 is 16.5 Å². The molecule has 0 bridgehead atoms. The maximum absolute atomic E-state index is 12.5. The van der Waals surface area contributed by atoms with Gasteiger partial charge in [-0.2, -0.15) is 5.48 Å². The van der Waals surface area contributed by atoms with Gasteiger partial charge in [0.2, 0.25) is 5.91 Å². The number of hydroxylamine groups is 1. The lowest BCUT2D eigenvalue weighted by Crippen LogP contribution is -2.38. The van der Waals surface area contributed by atoms with Crippen LogP contribution in [0.2, 0.25) is 0 Å². The first-order valence-corrected chi connectivity index (χ1v) is 13.1. The van der Waals surface area contributed by atoms with Crippen molar-refractivity contribution in [1.82, 2.24) is 10.8 Å². The molecule has 1 aliphatic rings. The predicted molar refractivity (Wildman–Crippen MR) is 140 cm³/mol. The van der Waals surface area contributed by atoms with Gasteiger partial charge < -0.3 is 15.9 Å². The van der Waals surface area contributed by atoms with E-state index in [1.54, 1.807) is 0 Å². The summed E-state index contributed by atoms with van der Waals surface area (Å²) in [6, 6.07) is 18.5. The molecule has 0 spiro atoms. The highest BCUT2D eigenvalue weighted by molar-refractivity contribution is 5.84. The minimum Gasteiger partial charge on any atom is -0.355 e. The predicted octanol–water partition coefficient (Wildman–Crippen LogP) is 3.78. The normalized spacial score (nSPS) is 13.6. The Morgan fingerprint density at radius 2 is 1.42 bits per heavy atom. The summed E-state index contributed by atoms with van der Waals surface area (Å²) in [4.78, 5) is 41.8. The molecule has 1 fully saturated rings. The summed E-state index contributed by atoms with van der Waals surface area (Å²) >= 11 is 0. The Labute approximate surface area is 214 Å². The topological polar surface area (TPSA) is 111 Å². The second kappa shape index (κ2) is 14.4. The molecule has 0 heterocycles. The summed E-state index contributed by atoms with van der Waals surface area (Å²) < 4.78 is 0. The van der Waals surface area contributed by atoms with E-state index in [-0.39, 0.29) is 24.8 Å². The van der Waals surface area contributed by atoms with Crippen LogP contribution >= 0.6 is 0 Å². The van der Waals surface area contributed by atoms with Crippen LogP contribution in [0.4, 0.5) is 0 Å². The van der Waals surface area contributed by atoms with Crippen molar-refractivity contribution < 1.29 is 19.2 Å². The van der Waals surface area contributed by atoms with Crippen molar-refractivity contribution >= 4 is 17.8 Å². The Morgan fingerprint density at radius 3 is 2.06 bits per heavy atom. The Morgan fingerprint density at radius 1 is 0.778 bits per heavy atom. The van der Waals surface area contributed by atoms with Crippen molar-refractivity contribution in [3.8, 4) is 0 Å². The van der Waals surface area contributed by atoms with E-state index in [2.05, 4.69) is 47.2 Å². The van der Waals surface area contributed by atoms with Gasteiger partial charge in [-0.15, -0.1) is 0 Å². The van der Waals surface area contributed by atoms with E-state index >= 15 is 0 Å². The second-order valence-corrected chi connectivity index (χ2v) is 9.76. The maximum Gasteiger partial charge on any atom is 0.340 e. The number of benzene rings is 2. The largest absolute Gasteiger partial charge is 0.355 e. The van der Waals surface area contributed by atoms with Crippen LogP contribution in [0.25, 0.3) is 0 Å². The lowest BCUT2D eigenvalue weighted by Gasteiger charge is -2.15. The zero-order valence-corrected chi connectivity index (χ0v) is 21.1. The van der Waals surface area contributed by atoms with E-state index in [9.17, 15) is 14.4 Å². The molecule has 7 nitrogen and oxygen atoms in total. The van der Waals surface area contributed by atoms with Gasteiger partial charge in [0.15, 0.2) is 0 Å². The Balaban J connectivity index is 1.30. The fourth-order valence-electron chi connectivity index (χ4n) is 4.13. The SMILES string of the molecule is NCCCCCC(=O)NCC1(C(=O)ONC(=O)Cc2ccc(CCCCc3ccccc3)cc2)CC1. The molecule has 2 aromatic carbocycles. The molecule has 0 unspecified atom stereocenters. The van der Waals surface area contributed by atoms with Crippen LogP contribution in [0.1, 0.15) is 68.1 Å². The average Bonchev–Trinajstić information content (AvgIpc) is 3.69. The molecule has 7 heteroatoms. The minimum absolute atomic E-state index is 0.0743. The summed E-state index contributed by atoms with van der Waals surface area (Å²) in [6.07, 6.45) is 8.78. The molecule has 194 valence electrons. The van der Waals surface area contributed by atoms with E-state index in [0.29, 0.717) is 25.8 Å². The molecular formula is C29H39N3O4. The van der Waals surface area contributed by atoms with Crippen molar-refractivity contribution in [2.75, 3.05) is 13.1 Å². The van der Waals surface area contributed by atoms with Crippen LogP contribution in [0, 0.1) is 5.41 Å². The monoisotopic (exact) mass is 493 g/mol. The minimum atomic E-state index is -0.720. The molecule has 0 aliphatic heterocycles. The number of amides is 2. The highest BCUT2D eigenvalue weighted by atomic mass is 16.7. The Hall–Kier alpha value is -3.19. The van der Waals surface area contributed by atoms with Crippen molar-refractivity contribution in [2.24, 2.45) is 11.1 Å². The number of nitrogens with one attached hydrogen (secondary N) is 2. The fraction of sp³-hybridized carbons (Fsp3) is 0.483. The number of carbonyl (C=O) groups excluding carboxylic acids is 3. The van der Waals surface area contributed by atoms with Gasteiger partial charge in [-0.3, -0.25) is 9.59 Å². The smallest absolute Gasteiger partial charge is 0.340 e. The highest BCUT2D eigenvalue weighted by Gasteiger charge is 2.52. The van der Waals surface area contributed by atoms with Gasteiger partial charge in [0, 0.05) is 13.0 Å². The summed E-state index contributed by atoms with van der Waals surface area (Å²) in [5, 5.41) is 2.82. The quantitative estimate of drug-likeness (QED) is 0.258. The second-order valence-electron chi connectivity index (χ2n) is 9.76. The molecule has 0 saturated heterocycles. The van der Waals surface area contributed by atoms with E-state index in [1.165, 1.54) is 11.1 Å². The van der Waals surface area contributed by atoms with Gasteiger partial charge in [0.1, 0.15) is 0 Å². The van der Waals surface area contributed by atoms with Gasteiger partial charge in [-0.05, 0) is 74.6 Å². The van der Waals surface area contributed by atoms with Crippen LogP contribution in [0.15, 0.2) is 54.6 Å². The third kappa shape index (κ3) is 9.46. The van der Waals surface area contributed by atoms with E-state index in [1.807, 2.05) is 18.2 Å². The lowest BCUT2D eigenvalue weighted by molar-refractivity contribution is -0.163. The molecule has 3 rings (SSSR count). The third-order valence-electron chi connectivity index (χ3n) is 6.69. The molecule has 0 atom stereocenters. The van der Waals surface area contributed by atoms with Crippen LogP contribution in [0.5, 0.6) is 0 Å². The first kappa shape index (κ1) is 27.4. The first-order valence-electron chi connectivity index (χ1n) is 13.1. The van der Waals surface area contributed by atoms with Crippen LogP contribution in [0.3, 0.4) is 0 Å². The average molecular weight is 494 g/mol. The van der Waals surface area contributed by atoms with Gasteiger partial charge in [0.25, 0.3) is 5.91 Å². The van der Waals surface area contributed by atoms with Gasteiger partial charge in [-0.25, -0.2) is 4.79 Å². The third-order valence-corrected chi connectivity index (χ3v) is 6.69. The molecule has 1 saturated carbocycles. The summed E-state index contributed by atoms with van der Waals surface area (Å²) in [5.74, 6) is -0.946. The summed E-state index contributed by atoms with van der Waals surface area (Å²) in [6.45, 7) is 0.868. The maximum atomic E-state index is 12.5. The van der Waals surface area contributed by atoms with Gasteiger partial charge in [0.05, 0.1) is 11.8 Å². The molecule has 0 aromatic heterocycles. The molecule has 36 heavy (non-hydrogen) atoms. The van der Waals surface area contributed by atoms with Crippen molar-refractivity contribution in [2.45, 2.75) is 70.6 Å². The number of unbranched alkanes of at least 4 members (excludes halogenated alkanes) is 3. The van der Waals surface area contributed by atoms with Crippen LogP contribution in [-0.4, -0.2) is 30.9 Å². The Kier molecular flexibility index (Phi) is 11.0. The standard InChI is InChI=1S/C29H39N3O4/c30-20-8-2-5-13-26(33)31-22-29(18-19-29)28(35)36-32-27(34)21-25-16-14-24(15-17-25)12-7-6-11-23-9-3-1-4-10-23/h1,3-4,9-10,14-17H,2,5-8,11-13,18-22,30H2,(H,31,33)(H,32,34). The summed E-state index contributed by atoms with van der Waals surface area (Å²) in [5.41, 5.74) is 10.5. The van der Waals surface area contributed by atoms with Gasteiger partial charge >= 0.3 is 5.97 Å². The number of hydrogen-bond donors (Lipinski definition) is 3. The Bertz CT molecular complexity index is 972. The van der Waals surface area contributed by atoms with Crippen molar-refractivity contribution in [1.29, 1.82) is 0 Å². The fourth-order valence-corrected chi connectivity index (χ4v) is 4.13. The number of aryl methyl sites for hydroxylation is 2. The van der Waals surface area contributed by atoms with Crippen LogP contribution in [-0.2, 0) is 38.5 Å². The van der Waals surface area contributed by atoms with Gasteiger partial charge in [-0.1, -0.05) is 61.0 Å². The number of rotatable bonds is 15. The van der Waals surface area contributed by atoms with E-state index in [4.69, 9.17) is 10.6 Å². The zero-order chi connectivity index (χ0) is 25.6. The van der Waals surface area contributed by atoms with Crippen molar-refractivity contribution in [3.63, 3.8) is 0 Å². The van der Waals surface area contributed by atoms with E-state index in [0.717, 1.165) is 50.5 Å². The zero-order valence-electron chi connectivity index (χ0n) is 21.1. The summed E-state index contributed by atoms with van der Waals surface area (Å²) in [7, 11) is 0. The van der Waals surface area contributed by atoms with E-state index < -0.39 is 11.4 Å². The number of nitrogens with two attached hydrogens (primary N) is 1. The molecule has 0 radical (unpaired) electrons. The molecule has 2 aromatic rings. The number of carbonyl (C=O) groups is 3. The molecule has 4 N–H and O–H groups in total. The number of hydrogen-bond acceptors (Lipinski definition) is 5.